The van der Waals surface area contributed by atoms with E-state index in [1.807, 2.05) is 11.8 Å². The van der Waals surface area contributed by atoms with Gasteiger partial charge in [0.2, 0.25) is 0 Å². The van der Waals surface area contributed by atoms with Gasteiger partial charge in [0.25, 0.3) is 0 Å². The topological polar surface area (TPSA) is 46.2 Å². The molecule has 0 saturated carbocycles. The van der Waals surface area contributed by atoms with Crippen molar-refractivity contribution >= 4 is 21.6 Å². The smallest absolute Gasteiger partial charge is 0.154 e. The molecule has 0 amide bonds. The van der Waals surface area contributed by atoms with E-state index in [0.717, 1.165) is 25.8 Å². The molecule has 1 unspecified atom stereocenters. The van der Waals surface area contributed by atoms with Gasteiger partial charge in [0.15, 0.2) is 9.84 Å². The molecule has 1 aliphatic rings. The van der Waals surface area contributed by atoms with Crippen LogP contribution in [0.25, 0.3) is 0 Å². The van der Waals surface area contributed by atoms with E-state index in [0.29, 0.717) is 12.3 Å². The highest BCUT2D eigenvalue weighted by Crippen LogP contribution is 2.18. The molecule has 0 bridgehead atoms. The lowest BCUT2D eigenvalue weighted by Gasteiger charge is -2.10. The Balaban J connectivity index is 2.05. The van der Waals surface area contributed by atoms with Crippen molar-refractivity contribution in [3.63, 3.8) is 0 Å². The highest BCUT2D eigenvalue weighted by Gasteiger charge is 2.30. The first-order chi connectivity index (χ1) is 7.17. The van der Waals surface area contributed by atoms with Gasteiger partial charge in [0.1, 0.15) is 0 Å². The summed E-state index contributed by atoms with van der Waals surface area (Å²) >= 11 is 1.86. The maximum Gasteiger partial charge on any atom is 0.154 e. The largest absolute Gasteiger partial charge is 0.315 e. The lowest BCUT2D eigenvalue weighted by atomic mass is 10.2. The molecule has 1 rings (SSSR count). The fourth-order valence-corrected chi connectivity index (χ4v) is 4.14. The van der Waals surface area contributed by atoms with Crippen LogP contribution in [-0.2, 0) is 9.84 Å². The van der Waals surface area contributed by atoms with Crippen LogP contribution in [-0.4, -0.2) is 44.5 Å². The van der Waals surface area contributed by atoms with Gasteiger partial charge in [-0.15, -0.1) is 0 Å². The SMILES string of the molecule is CSCCCCNCC1CCCS1(=O)=O. The van der Waals surface area contributed by atoms with E-state index in [4.69, 9.17) is 0 Å². The summed E-state index contributed by atoms with van der Waals surface area (Å²) in [5.74, 6) is 1.59. The highest BCUT2D eigenvalue weighted by atomic mass is 32.2. The number of thioether (sulfide) groups is 1. The number of sulfone groups is 1. The number of unbranched alkanes of at least 4 members (excludes halogenated alkanes) is 1. The molecular formula is C10H21NO2S2. The highest BCUT2D eigenvalue weighted by molar-refractivity contribution is 7.98. The maximum absolute atomic E-state index is 11.5. The quantitative estimate of drug-likeness (QED) is 0.693. The van der Waals surface area contributed by atoms with Gasteiger partial charge in [-0.25, -0.2) is 8.42 Å². The molecule has 1 saturated heterocycles. The number of nitrogens with one attached hydrogen (secondary N) is 1. The summed E-state index contributed by atoms with van der Waals surface area (Å²) in [5.41, 5.74) is 0. The molecule has 0 aliphatic carbocycles. The average Bonchev–Trinajstić information content (AvgIpc) is 2.52. The molecule has 0 aromatic carbocycles. The molecule has 0 aromatic heterocycles. The Bertz CT molecular complexity index is 265. The lowest BCUT2D eigenvalue weighted by molar-refractivity contribution is 0.569. The van der Waals surface area contributed by atoms with Crippen LogP contribution in [0.1, 0.15) is 25.7 Å². The van der Waals surface area contributed by atoms with E-state index < -0.39 is 9.84 Å². The lowest BCUT2D eigenvalue weighted by Crippen LogP contribution is -2.31. The fraction of sp³-hybridized carbons (Fsp3) is 1.00. The van der Waals surface area contributed by atoms with E-state index in [2.05, 4.69) is 11.6 Å². The van der Waals surface area contributed by atoms with Gasteiger partial charge in [-0.2, -0.15) is 11.8 Å². The van der Waals surface area contributed by atoms with Gasteiger partial charge < -0.3 is 5.32 Å². The van der Waals surface area contributed by atoms with Gasteiger partial charge >= 0.3 is 0 Å². The van der Waals surface area contributed by atoms with Crippen LogP contribution >= 0.6 is 11.8 Å². The third-order valence-corrected chi connectivity index (χ3v) is 5.76. The predicted octanol–water partition coefficient (Wildman–Crippen LogP) is 1.30. The van der Waals surface area contributed by atoms with E-state index in [1.54, 1.807) is 0 Å². The number of hydrogen-bond acceptors (Lipinski definition) is 4. The Morgan fingerprint density at radius 2 is 2.20 bits per heavy atom. The summed E-state index contributed by atoms with van der Waals surface area (Å²) in [6.45, 7) is 1.61. The third kappa shape index (κ3) is 4.74. The van der Waals surface area contributed by atoms with E-state index in [1.165, 1.54) is 12.2 Å². The Morgan fingerprint density at radius 3 is 2.80 bits per heavy atom. The molecule has 0 spiro atoms. The normalized spacial score (nSPS) is 24.5. The van der Waals surface area contributed by atoms with Crippen LogP contribution in [0.4, 0.5) is 0 Å². The zero-order valence-corrected chi connectivity index (χ0v) is 11.0. The van der Waals surface area contributed by atoms with Crippen molar-refractivity contribution in [2.45, 2.75) is 30.9 Å². The zero-order valence-electron chi connectivity index (χ0n) is 9.37. The van der Waals surface area contributed by atoms with E-state index in [9.17, 15) is 8.42 Å². The number of hydrogen-bond donors (Lipinski definition) is 1. The van der Waals surface area contributed by atoms with Gasteiger partial charge in [-0.05, 0) is 44.2 Å². The van der Waals surface area contributed by atoms with Gasteiger partial charge in [0.05, 0.1) is 11.0 Å². The van der Waals surface area contributed by atoms with Crippen molar-refractivity contribution in [2.75, 3.05) is 30.9 Å². The summed E-state index contributed by atoms with van der Waals surface area (Å²) in [7, 11) is -2.75. The average molecular weight is 251 g/mol. The first kappa shape index (κ1) is 13.3. The second-order valence-electron chi connectivity index (χ2n) is 4.04. The molecule has 1 N–H and O–H groups in total. The molecule has 1 fully saturated rings. The maximum atomic E-state index is 11.5. The minimum absolute atomic E-state index is 0.113. The van der Waals surface area contributed by atoms with Crippen LogP contribution < -0.4 is 5.32 Å². The molecule has 1 aliphatic heterocycles. The molecule has 5 heteroatoms. The molecule has 90 valence electrons. The first-order valence-corrected chi connectivity index (χ1v) is 8.69. The Hall–Kier alpha value is 0.260. The van der Waals surface area contributed by atoms with Crippen LogP contribution in [0.15, 0.2) is 0 Å². The summed E-state index contributed by atoms with van der Waals surface area (Å²) in [4.78, 5) is 0. The number of rotatable bonds is 7. The molecule has 1 atom stereocenters. The summed E-state index contributed by atoms with van der Waals surface area (Å²) < 4.78 is 23.0. The third-order valence-electron chi connectivity index (χ3n) is 2.79. The molecule has 1 heterocycles. The van der Waals surface area contributed by atoms with Crippen molar-refractivity contribution in [3.05, 3.63) is 0 Å². The molecule has 15 heavy (non-hydrogen) atoms. The van der Waals surface area contributed by atoms with Crippen molar-refractivity contribution < 1.29 is 8.42 Å². The summed E-state index contributed by atoms with van der Waals surface area (Å²) in [5, 5.41) is 3.14. The Labute approximate surface area is 97.3 Å². The minimum Gasteiger partial charge on any atom is -0.315 e. The molecule has 0 aromatic rings. The van der Waals surface area contributed by atoms with Gasteiger partial charge in [-0.1, -0.05) is 0 Å². The molecular weight excluding hydrogens is 230 g/mol. The Kier molecular flexibility index (Phi) is 6.00. The van der Waals surface area contributed by atoms with Gasteiger partial charge in [0, 0.05) is 6.54 Å². The van der Waals surface area contributed by atoms with Crippen LogP contribution in [0.2, 0.25) is 0 Å². The Morgan fingerprint density at radius 1 is 1.40 bits per heavy atom. The van der Waals surface area contributed by atoms with Crippen LogP contribution in [0.3, 0.4) is 0 Å². The van der Waals surface area contributed by atoms with Crippen molar-refractivity contribution in [2.24, 2.45) is 0 Å². The zero-order chi connectivity index (χ0) is 11.1. The van der Waals surface area contributed by atoms with Crippen molar-refractivity contribution in [1.82, 2.24) is 5.32 Å². The van der Waals surface area contributed by atoms with E-state index >= 15 is 0 Å². The van der Waals surface area contributed by atoms with Crippen LogP contribution in [0.5, 0.6) is 0 Å². The molecule has 3 nitrogen and oxygen atoms in total. The van der Waals surface area contributed by atoms with E-state index in [-0.39, 0.29) is 5.25 Å². The second-order valence-corrected chi connectivity index (χ2v) is 7.42. The van der Waals surface area contributed by atoms with Gasteiger partial charge in [-0.3, -0.25) is 0 Å². The standard InChI is InChI=1S/C10H21NO2S2/c1-14-7-3-2-6-11-9-10-5-4-8-15(10,12)13/h10-11H,2-9H2,1H3. The second kappa shape index (κ2) is 6.76. The van der Waals surface area contributed by atoms with Crippen molar-refractivity contribution in [3.8, 4) is 0 Å². The first-order valence-electron chi connectivity index (χ1n) is 5.58. The minimum atomic E-state index is -2.75. The van der Waals surface area contributed by atoms with Crippen molar-refractivity contribution in [1.29, 1.82) is 0 Å². The van der Waals surface area contributed by atoms with Crippen LogP contribution in [0, 0.1) is 0 Å². The predicted molar refractivity (Wildman–Crippen MR) is 67.3 cm³/mol. The fourth-order valence-electron chi connectivity index (χ4n) is 1.85. The summed E-state index contributed by atoms with van der Waals surface area (Å²) in [6, 6.07) is 0. The summed E-state index contributed by atoms with van der Waals surface area (Å²) in [6.07, 6.45) is 6.17. The monoisotopic (exact) mass is 251 g/mol. The molecule has 0 radical (unpaired) electrons.